The van der Waals surface area contributed by atoms with Gasteiger partial charge in [0.2, 0.25) is 29.5 Å². The van der Waals surface area contributed by atoms with Crippen molar-refractivity contribution in [3.8, 4) is 5.75 Å². The van der Waals surface area contributed by atoms with Crippen LogP contribution in [0.3, 0.4) is 0 Å². The molecule has 0 aliphatic carbocycles. The standard InChI is InChI=1S/C34H57N9O6/c1-6-38-32(48)28-10-8-16-43(28)33(49)25(9-7-15-39-34(36)37)40-30(46)27(18-21(4)5)42-31(47)26(17-20(2)3)41-29(45)24(35)19-22-11-13-23(44)14-12-22/h11-14,20-21,24-28,44H,6-10,15-19,35H2,1-5H3,(H,38,48)(H,40,46)(H,41,45)(H,42,47)(H4,36,37,39)/t24-,25-,26+,27-,28-/m0/s1. The molecule has 0 saturated carbocycles. The number of nitrogens with two attached hydrogens (primary N) is 3. The van der Waals surface area contributed by atoms with Gasteiger partial charge in [0.1, 0.15) is 29.9 Å². The number of aromatic hydroxyl groups is 1. The fourth-order valence-corrected chi connectivity index (χ4v) is 5.76. The van der Waals surface area contributed by atoms with E-state index in [4.69, 9.17) is 17.2 Å². The van der Waals surface area contributed by atoms with Crippen LogP contribution in [0.2, 0.25) is 0 Å². The summed E-state index contributed by atoms with van der Waals surface area (Å²) in [6, 6.07) is 1.76. The van der Waals surface area contributed by atoms with Crippen molar-refractivity contribution in [2.24, 2.45) is 34.0 Å². The Bertz CT molecular complexity index is 1280. The van der Waals surface area contributed by atoms with Gasteiger partial charge in [-0.1, -0.05) is 39.8 Å². The third kappa shape index (κ3) is 13.9. The summed E-state index contributed by atoms with van der Waals surface area (Å²) in [4.78, 5) is 72.7. The number of carbonyl (C=O) groups excluding carboxylic acids is 5. The Morgan fingerprint density at radius 2 is 1.45 bits per heavy atom. The van der Waals surface area contributed by atoms with Crippen LogP contribution in [0.1, 0.15) is 78.7 Å². The molecule has 1 saturated heterocycles. The summed E-state index contributed by atoms with van der Waals surface area (Å²) in [5, 5.41) is 20.7. The summed E-state index contributed by atoms with van der Waals surface area (Å²) < 4.78 is 0. The Hall–Kier alpha value is -4.40. The van der Waals surface area contributed by atoms with Gasteiger partial charge in [-0.15, -0.1) is 0 Å². The van der Waals surface area contributed by atoms with Gasteiger partial charge in [-0.3, -0.25) is 29.0 Å². The fourth-order valence-electron chi connectivity index (χ4n) is 5.76. The molecule has 15 heteroatoms. The number of carbonyl (C=O) groups is 5. The molecule has 49 heavy (non-hydrogen) atoms. The topological polar surface area (TPSA) is 247 Å². The highest BCUT2D eigenvalue weighted by molar-refractivity contribution is 5.96. The summed E-state index contributed by atoms with van der Waals surface area (Å²) >= 11 is 0. The highest BCUT2D eigenvalue weighted by atomic mass is 16.3. The summed E-state index contributed by atoms with van der Waals surface area (Å²) in [5.41, 5.74) is 17.8. The van der Waals surface area contributed by atoms with E-state index in [1.54, 1.807) is 19.1 Å². The summed E-state index contributed by atoms with van der Waals surface area (Å²) in [6.45, 7) is 10.5. The predicted octanol–water partition coefficient (Wildman–Crippen LogP) is -0.0107. The molecule has 1 heterocycles. The van der Waals surface area contributed by atoms with Crippen molar-refractivity contribution in [3.63, 3.8) is 0 Å². The molecule has 0 aromatic heterocycles. The normalized spacial score (nSPS) is 16.7. The molecule has 0 unspecified atom stereocenters. The van der Waals surface area contributed by atoms with Gasteiger partial charge in [0.15, 0.2) is 5.96 Å². The van der Waals surface area contributed by atoms with Crippen molar-refractivity contribution < 1.29 is 29.1 Å². The monoisotopic (exact) mass is 687 g/mol. The lowest BCUT2D eigenvalue weighted by atomic mass is 9.99. The number of aliphatic imine (C=N–C) groups is 1. The number of benzene rings is 1. The third-order valence-corrected chi connectivity index (χ3v) is 8.16. The van der Waals surface area contributed by atoms with Crippen molar-refractivity contribution in [3.05, 3.63) is 29.8 Å². The molecule has 274 valence electrons. The Kier molecular flexibility index (Phi) is 16.8. The first-order chi connectivity index (χ1) is 23.1. The van der Waals surface area contributed by atoms with E-state index in [1.165, 1.54) is 17.0 Å². The minimum absolute atomic E-state index is 0.00959. The number of likely N-dealkylation sites (N-methyl/N-ethyl adjacent to an activating group) is 1. The summed E-state index contributed by atoms with van der Waals surface area (Å²) in [5.74, 6) is -2.27. The maximum Gasteiger partial charge on any atom is 0.245 e. The molecule has 1 aliphatic rings. The lowest BCUT2D eigenvalue weighted by molar-refractivity contribution is -0.142. The van der Waals surface area contributed by atoms with Crippen molar-refractivity contribution in [2.75, 3.05) is 19.6 Å². The number of nitrogens with one attached hydrogen (secondary N) is 4. The van der Waals surface area contributed by atoms with Gasteiger partial charge in [-0.25, -0.2) is 0 Å². The van der Waals surface area contributed by atoms with Crippen LogP contribution < -0.4 is 38.5 Å². The molecule has 5 amide bonds. The van der Waals surface area contributed by atoms with E-state index in [2.05, 4.69) is 26.3 Å². The van der Waals surface area contributed by atoms with Crippen molar-refractivity contribution in [2.45, 2.75) is 110 Å². The number of phenols is 1. The van der Waals surface area contributed by atoms with E-state index < -0.39 is 53.8 Å². The molecule has 5 atom stereocenters. The minimum atomic E-state index is -1.02. The van der Waals surface area contributed by atoms with Crippen LogP contribution in [0.4, 0.5) is 0 Å². The third-order valence-electron chi connectivity index (χ3n) is 8.16. The van der Waals surface area contributed by atoms with Gasteiger partial charge in [-0.05, 0) is 81.4 Å². The second kappa shape index (κ2) is 20.2. The van der Waals surface area contributed by atoms with Gasteiger partial charge in [0.05, 0.1) is 6.04 Å². The number of hydrogen-bond acceptors (Lipinski definition) is 8. The molecule has 1 fully saturated rings. The second-order valence-corrected chi connectivity index (χ2v) is 13.5. The van der Waals surface area contributed by atoms with Gasteiger partial charge in [0, 0.05) is 19.6 Å². The molecule has 15 nitrogen and oxygen atoms in total. The zero-order valence-electron chi connectivity index (χ0n) is 29.5. The lowest BCUT2D eigenvalue weighted by Crippen LogP contribution is -2.59. The van der Waals surface area contributed by atoms with Crippen LogP contribution >= 0.6 is 0 Å². The molecule has 1 aliphatic heterocycles. The van der Waals surface area contributed by atoms with Crippen LogP contribution in [0.5, 0.6) is 5.75 Å². The average molecular weight is 688 g/mol. The smallest absolute Gasteiger partial charge is 0.245 e. The molecular formula is C34H57N9O6. The van der Waals surface area contributed by atoms with Gasteiger partial charge in [0.25, 0.3) is 0 Å². The Balaban J connectivity index is 2.24. The summed E-state index contributed by atoms with van der Waals surface area (Å²) in [6.07, 6.45) is 2.49. The zero-order chi connectivity index (χ0) is 36.7. The molecule has 0 bridgehead atoms. The van der Waals surface area contributed by atoms with Crippen LogP contribution in [-0.2, 0) is 30.4 Å². The van der Waals surface area contributed by atoms with E-state index in [0.717, 1.165) is 5.56 Å². The molecule has 11 N–H and O–H groups in total. The minimum Gasteiger partial charge on any atom is -0.508 e. The molecule has 0 radical (unpaired) electrons. The van der Waals surface area contributed by atoms with E-state index >= 15 is 0 Å². The Labute approximate surface area is 289 Å². The number of guanidine groups is 1. The SMILES string of the molecule is CCNC(=O)[C@@H]1CCCN1C(=O)[C@H](CCCN=C(N)N)NC(=O)[C@H](CC(C)C)NC(=O)[C@@H](CC(C)C)NC(=O)[C@@H](N)Cc1ccc(O)cc1. The van der Waals surface area contributed by atoms with Crippen LogP contribution in [0.25, 0.3) is 0 Å². The van der Waals surface area contributed by atoms with Crippen LogP contribution in [0.15, 0.2) is 29.3 Å². The molecule has 1 aromatic carbocycles. The molecule has 0 spiro atoms. The van der Waals surface area contributed by atoms with Gasteiger partial charge in [-0.2, -0.15) is 0 Å². The number of hydrogen-bond donors (Lipinski definition) is 8. The van der Waals surface area contributed by atoms with E-state index in [-0.39, 0.29) is 55.3 Å². The largest absolute Gasteiger partial charge is 0.508 e. The average Bonchev–Trinajstić information content (AvgIpc) is 3.52. The van der Waals surface area contributed by atoms with Crippen molar-refractivity contribution in [1.82, 2.24) is 26.2 Å². The van der Waals surface area contributed by atoms with Crippen molar-refractivity contribution >= 4 is 35.5 Å². The van der Waals surface area contributed by atoms with Crippen molar-refractivity contribution in [1.29, 1.82) is 0 Å². The highest BCUT2D eigenvalue weighted by Gasteiger charge is 2.38. The Morgan fingerprint density at radius 1 is 0.898 bits per heavy atom. The quantitative estimate of drug-likeness (QED) is 0.0553. The molecule has 2 rings (SSSR count). The predicted molar refractivity (Wildman–Crippen MR) is 188 cm³/mol. The van der Waals surface area contributed by atoms with E-state index in [1.807, 2.05) is 27.7 Å². The van der Waals surface area contributed by atoms with E-state index in [0.29, 0.717) is 38.8 Å². The molecule has 1 aromatic rings. The van der Waals surface area contributed by atoms with Gasteiger partial charge < -0.3 is 48.5 Å². The van der Waals surface area contributed by atoms with Gasteiger partial charge >= 0.3 is 0 Å². The highest BCUT2D eigenvalue weighted by Crippen LogP contribution is 2.20. The maximum absolute atomic E-state index is 13.8. The summed E-state index contributed by atoms with van der Waals surface area (Å²) in [7, 11) is 0. The Morgan fingerprint density at radius 3 is 1.98 bits per heavy atom. The first-order valence-corrected chi connectivity index (χ1v) is 17.2. The van der Waals surface area contributed by atoms with Crippen LogP contribution in [-0.4, -0.2) is 95.3 Å². The number of rotatable bonds is 19. The first-order valence-electron chi connectivity index (χ1n) is 17.2. The fraction of sp³-hybridized carbons (Fsp3) is 0.647. The molecular weight excluding hydrogens is 630 g/mol. The number of phenolic OH excluding ortho intramolecular Hbond substituents is 1. The lowest BCUT2D eigenvalue weighted by Gasteiger charge is -2.30. The zero-order valence-corrected chi connectivity index (χ0v) is 29.5. The maximum atomic E-state index is 13.8. The number of amides is 5. The number of nitrogens with zero attached hydrogens (tertiary/aromatic N) is 2. The second-order valence-electron chi connectivity index (χ2n) is 13.5. The van der Waals surface area contributed by atoms with Crippen LogP contribution in [0, 0.1) is 11.8 Å². The number of likely N-dealkylation sites (tertiary alicyclic amines) is 1. The first kappa shape index (κ1) is 40.8. The van der Waals surface area contributed by atoms with E-state index in [9.17, 15) is 29.1 Å².